The van der Waals surface area contributed by atoms with Gasteiger partial charge < -0.3 is 5.32 Å². The van der Waals surface area contributed by atoms with Gasteiger partial charge in [0.1, 0.15) is 0 Å². The van der Waals surface area contributed by atoms with Crippen molar-refractivity contribution in [2.75, 3.05) is 38.0 Å². The molecule has 0 unspecified atom stereocenters. The second kappa shape index (κ2) is 10.8. The highest BCUT2D eigenvalue weighted by molar-refractivity contribution is 7.89. The van der Waals surface area contributed by atoms with Crippen molar-refractivity contribution in [2.45, 2.75) is 57.3 Å². The van der Waals surface area contributed by atoms with Gasteiger partial charge in [0.15, 0.2) is 0 Å². The fourth-order valence-electron chi connectivity index (χ4n) is 3.45. The number of benzene rings is 1. The Balaban J connectivity index is 1.98. The van der Waals surface area contributed by atoms with E-state index in [1.54, 1.807) is 28.6 Å². The lowest BCUT2D eigenvalue weighted by molar-refractivity contribution is -0.117. The molecule has 1 aliphatic rings. The number of sulfonamides is 1. The summed E-state index contributed by atoms with van der Waals surface area (Å²) in [7, 11) is -3.45. The lowest BCUT2D eigenvalue weighted by Gasteiger charge is -2.21. The number of carbonyl (C=O) groups excluding carboxylic acids is 1. The van der Waals surface area contributed by atoms with Gasteiger partial charge in [-0.15, -0.1) is 0 Å². The van der Waals surface area contributed by atoms with Gasteiger partial charge in [-0.3, -0.25) is 9.69 Å². The highest BCUT2D eigenvalue weighted by atomic mass is 32.2. The smallest absolute Gasteiger partial charge is 0.243 e. The predicted octanol–water partition coefficient (Wildman–Crippen LogP) is 3.31. The molecule has 1 N–H and O–H groups in total. The maximum Gasteiger partial charge on any atom is 0.243 e. The lowest BCUT2D eigenvalue weighted by atomic mass is 10.2. The van der Waals surface area contributed by atoms with E-state index in [1.807, 2.05) is 0 Å². The fourth-order valence-corrected chi connectivity index (χ4v) is 4.96. The van der Waals surface area contributed by atoms with E-state index in [0.717, 1.165) is 51.6 Å². The minimum absolute atomic E-state index is 0.0694. The largest absolute Gasteiger partial charge is 0.325 e. The van der Waals surface area contributed by atoms with E-state index in [2.05, 4.69) is 24.1 Å². The summed E-state index contributed by atoms with van der Waals surface area (Å²) in [5.41, 5.74) is 0.628. The topological polar surface area (TPSA) is 69.7 Å². The third-order valence-electron chi connectivity index (χ3n) is 4.79. The highest BCUT2D eigenvalue weighted by Gasteiger charge is 2.25. The summed E-state index contributed by atoms with van der Waals surface area (Å²) in [6.07, 6.45) is 6.03. The van der Waals surface area contributed by atoms with Crippen molar-refractivity contribution in [2.24, 2.45) is 0 Å². The zero-order valence-electron chi connectivity index (χ0n) is 16.6. The van der Waals surface area contributed by atoms with Crippen LogP contribution in [0.2, 0.25) is 0 Å². The van der Waals surface area contributed by atoms with Crippen LogP contribution in [0.25, 0.3) is 0 Å². The molecular formula is C20H33N3O3S. The first-order valence-electron chi connectivity index (χ1n) is 10.1. The van der Waals surface area contributed by atoms with Crippen molar-refractivity contribution >= 4 is 21.6 Å². The number of anilines is 1. The molecule has 1 heterocycles. The summed E-state index contributed by atoms with van der Waals surface area (Å²) in [6.45, 7) is 7.53. The molecular weight excluding hydrogens is 362 g/mol. The molecule has 1 saturated heterocycles. The van der Waals surface area contributed by atoms with Gasteiger partial charge in [-0.25, -0.2) is 8.42 Å². The van der Waals surface area contributed by atoms with Crippen LogP contribution >= 0.6 is 0 Å². The Hall–Kier alpha value is -1.44. The normalized spacial score (nSPS) is 16.3. The molecule has 27 heavy (non-hydrogen) atoms. The first-order chi connectivity index (χ1) is 13.0. The molecule has 0 aliphatic carbocycles. The van der Waals surface area contributed by atoms with Crippen LogP contribution in [0.1, 0.15) is 52.4 Å². The van der Waals surface area contributed by atoms with Crippen LogP contribution in [0.4, 0.5) is 5.69 Å². The number of hydrogen-bond acceptors (Lipinski definition) is 4. The van der Waals surface area contributed by atoms with E-state index >= 15 is 0 Å². The molecule has 2 rings (SSSR count). The second-order valence-corrected chi connectivity index (χ2v) is 9.10. The number of nitrogens with zero attached hydrogens (tertiary/aromatic N) is 2. The zero-order chi connectivity index (χ0) is 19.7. The SMILES string of the molecule is CCCN(CCC)CC(=O)Nc1ccc(S(=O)(=O)N2CCCCCC2)cc1. The summed E-state index contributed by atoms with van der Waals surface area (Å²) in [4.78, 5) is 14.7. The first kappa shape index (κ1) is 21.9. The Morgan fingerprint density at radius 1 is 1.00 bits per heavy atom. The van der Waals surface area contributed by atoms with Crippen LogP contribution in [0.15, 0.2) is 29.2 Å². The average Bonchev–Trinajstić information content (AvgIpc) is 2.92. The Bertz CT molecular complexity index is 675. The van der Waals surface area contributed by atoms with Gasteiger partial charge in [-0.2, -0.15) is 4.31 Å². The summed E-state index contributed by atoms with van der Waals surface area (Å²) < 4.78 is 27.2. The molecule has 0 bridgehead atoms. The molecule has 1 amide bonds. The summed E-state index contributed by atoms with van der Waals surface area (Å²) in [6, 6.07) is 6.52. The fraction of sp³-hybridized carbons (Fsp3) is 0.650. The lowest BCUT2D eigenvalue weighted by Crippen LogP contribution is -2.34. The Kier molecular flexibility index (Phi) is 8.73. The quantitative estimate of drug-likeness (QED) is 0.696. The molecule has 0 saturated carbocycles. The minimum Gasteiger partial charge on any atom is -0.325 e. The molecule has 152 valence electrons. The van der Waals surface area contributed by atoms with Crippen LogP contribution < -0.4 is 5.32 Å². The highest BCUT2D eigenvalue weighted by Crippen LogP contribution is 2.21. The van der Waals surface area contributed by atoms with E-state index < -0.39 is 10.0 Å². The van der Waals surface area contributed by atoms with Crippen LogP contribution in [0, 0.1) is 0 Å². The molecule has 1 aromatic carbocycles. The second-order valence-electron chi connectivity index (χ2n) is 7.17. The third-order valence-corrected chi connectivity index (χ3v) is 6.70. The van der Waals surface area contributed by atoms with Crippen molar-refractivity contribution in [3.8, 4) is 0 Å². The van der Waals surface area contributed by atoms with E-state index in [4.69, 9.17) is 0 Å². The van der Waals surface area contributed by atoms with Gasteiger partial charge in [0, 0.05) is 18.8 Å². The van der Waals surface area contributed by atoms with Gasteiger partial charge >= 0.3 is 0 Å². The van der Waals surface area contributed by atoms with E-state index in [9.17, 15) is 13.2 Å². The Morgan fingerprint density at radius 2 is 1.56 bits per heavy atom. The van der Waals surface area contributed by atoms with Gasteiger partial charge in [0.25, 0.3) is 0 Å². The molecule has 1 fully saturated rings. The maximum absolute atomic E-state index is 12.8. The van der Waals surface area contributed by atoms with Crippen molar-refractivity contribution in [1.29, 1.82) is 0 Å². The molecule has 0 atom stereocenters. The van der Waals surface area contributed by atoms with Crippen molar-refractivity contribution < 1.29 is 13.2 Å². The third kappa shape index (κ3) is 6.59. The predicted molar refractivity (Wildman–Crippen MR) is 109 cm³/mol. The molecule has 1 aromatic rings. The number of amides is 1. The number of rotatable bonds is 9. The molecule has 0 radical (unpaired) electrons. The summed E-state index contributed by atoms with van der Waals surface area (Å²) in [5.74, 6) is -0.0694. The average molecular weight is 396 g/mol. The molecule has 0 aromatic heterocycles. The zero-order valence-corrected chi connectivity index (χ0v) is 17.4. The minimum atomic E-state index is -3.45. The van der Waals surface area contributed by atoms with Crippen molar-refractivity contribution in [3.63, 3.8) is 0 Å². The van der Waals surface area contributed by atoms with E-state index in [-0.39, 0.29) is 5.91 Å². The van der Waals surface area contributed by atoms with Crippen LogP contribution in [0.3, 0.4) is 0 Å². The first-order valence-corrected chi connectivity index (χ1v) is 11.5. The van der Waals surface area contributed by atoms with E-state index in [1.165, 1.54) is 0 Å². The summed E-state index contributed by atoms with van der Waals surface area (Å²) >= 11 is 0. The van der Waals surface area contributed by atoms with Gasteiger partial charge in [0.2, 0.25) is 15.9 Å². The molecule has 6 nitrogen and oxygen atoms in total. The summed E-state index contributed by atoms with van der Waals surface area (Å²) in [5, 5.41) is 2.87. The van der Waals surface area contributed by atoms with Crippen LogP contribution in [-0.4, -0.2) is 56.3 Å². The molecule has 1 aliphatic heterocycles. The van der Waals surface area contributed by atoms with Gasteiger partial charge in [0.05, 0.1) is 11.4 Å². The van der Waals surface area contributed by atoms with Gasteiger partial charge in [-0.05, 0) is 63.0 Å². The number of nitrogens with one attached hydrogen (secondary N) is 1. The monoisotopic (exact) mass is 395 g/mol. The van der Waals surface area contributed by atoms with Crippen molar-refractivity contribution in [1.82, 2.24) is 9.21 Å². The van der Waals surface area contributed by atoms with Gasteiger partial charge in [-0.1, -0.05) is 26.7 Å². The van der Waals surface area contributed by atoms with E-state index in [0.29, 0.717) is 30.2 Å². The maximum atomic E-state index is 12.8. The van der Waals surface area contributed by atoms with Crippen molar-refractivity contribution in [3.05, 3.63) is 24.3 Å². The van der Waals surface area contributed by atoms with Crippen LogP contribution in [0.5, 0.6) is 0 Å². The molecule has 0 spiro atoms. The number of hydrogen-bond donors (Lipinski definition) is 1. The number of carbonyl (C=O) groups is 1. The Labute approximate surface area is 164 Å². The van der Waals surface area contributed by atoms with Crippen LogP contribution in [-0.2, 0) is 14.8 Å². The Morgan fingerprint density at radius 3 is 2.07 bits per heavy atom. The molecule has 7 heteroatoms. The standard InChI is InChI=1S/C20H33N3O3S/c1-3-13-22(14-4-2)17-20(24)21-18-9-11-19(12-10-18)27(25,26)23-15-7-5-6-8-16-23/h9-12H,3-8,13-17H2,1-2H3,(H,21,24).